The van der Waals surface area contributed by atoms with Crippen LogP contribution in [0.25, 0.3) is 0 Å². The molecule has 0 aliphatic rings. The average Bonchev–Trinajstić information content (AvgIpc) is 2.81. The van der Waals surface area contributed by atoms with Crippen molar-refractivity contribution < 1.29 is 0 Å². The highest BCUT2D eigenvalue weighted by Crippen LogP contribution is 2.21. The molecule has 17 heavy (non-hydrogen) atoms. The molecule has 0 aromatic carbocycles. The van der Waals surface area contributed by atoms with Gasteiger partial charge in [0.15, 0.2) is 0 Å². The Kier molecular flexibility index (Phi) is 3.59. The van der Waals surface area contributed by atoms with Crippen LogP contribution >= 0.6 is 11.3 Å². The van der Waals surface area contributed by atoms with E-state index in [1.54, 1.807) is 11.3 Å². The second-order valence-electron chi connectivity index (χ2n) is 4.32. The Hall–Kier alpha value is -1.20. The van der Waals surface area contributed by atoms with Crippen LogP contribution in [0.5, 0.6) is 0 Å². The molecule has 5 heteroatoms. The van der Waals surface area contributed by atoms with Crippen LogP contribution in [-0.2, 0) is 13.6 Å². The smallest absolute Gasteiger partial charge is 0.0798 e. The maximum atomic E-state index is 4.34. The Balaban J connectivity index is 1.99. The van der Waals surface area contributed by atoms with Gasteiger partial charge in [0, 0.05) is 36.3 Å². The van der Waals surface area contributed by atoms with E-state index in [2.05, 4.69) is 35.4 Å². The highest BCUT2D eigenvalue weighted by Gasteiger charge is 2.11. The third-order valence-corrected chi connectivity index (χ3v) is 4.00. The summed E-state index contributed by atoms with van der Waals surface area (Å²) >= 11 is 1.71. The van der Waals surface area contributed by atoms with Gasteiger partial charge in [-0.25, -0.2) is 4.98 Å². The van der Waals surface area contributed by atoms with Crippen molar-refractivity contribution >= 4 is 11.3 Å². The molecule has 0 aliphatic heterocycles. The zero-order valence-corrected chi connectivity index (χ0v) is 11.5. The number of nitrogens with one attached hydrogen (secondary N) is 1. The van der Waals surface area contributed by atoms with E-state index in [4.69, 9.17) is 0 Å². The van der Waals surface area contributed by atoms with Gasteiger partial charge >= 0.3 is 0 Å². The van der Waals surface area contributed by atoms with E-state index in [0.29, 0.717) is 6.04 Å². The van der Waals surface area contributed by atoms with Gasteiger partial charge in [0.05, 0.1) is 16.9 Å². The fourth-order valence-electron chi connectivity index (χ4n) is 1.90. The van der Waals surface area contributed by atoms with Crippen molar-refractivity contribution in [3.8, 4) is 0 Å². The van der Waals surface area contributed by atoms with E-state index in [1.165, 1.54) is 10.4 Å². The van der Waals surface area contributed by atoms with E-state index >= 15 is 0 Å². The molecule has 0 saturated carbocycles. The number of aryl methyl sites for hydroxylation is 3. The molecule has 2 rings (SSSR count). The molecule has 0 spiro atoms. The molecule has 92 valence electrons. The van der Waals surface area contributed by atoms with Gasteiger partial charge in [0.25, 0.3) is 0 Å². The molecule has 0 aliphatic carbocycles. The van der Waals surface area contributed by atoms with Crippen molar-refractivity contribution in [2.75, 3.05) is 0 Å². The number of rotatable bonds is 4. The molecule has 0 bridgehead atoms. The standard InChI is InChI=1S/C12H18N4S/c1-8-11(6-16(4)15-8)5-13-9(2)12-10(3)14-7-17-12/h6-7,9,13H,5H2,1-4H3. The first-order chi connectivity index (χ1) is 8.08. The molecule has 2 aromatic heterocycles. The van der Waals surface area contributed by atoms with Crippen LogP contribution in [-0.4, -0.2) is 14.8 Å². The van der Waals surface area contributed by atoms with E-state index < -0.39 is 0 Å². The summed E-state index contributed by atoms with van der Waals surface area (Å²) in [6.07, 6.45) is 2.06. The predicted molar refractivity (Wildman–Crippen MR) is 70.1 cm³/mol. The normalized spacial score (nSPS) is 12.9. The molecule has 0 saturated heterocycles. The Bertz CT molecular complexity index is 500. The lowest BCUT2D eigenvalue weighted by atomic mass is 10.2. The number of hydrogen-bond acceptors (Lipinski definition) is 4. The summed E-state index contributed by atoms with van der Waals surface area (Å²) in [5.74, 6) is 0. The molecule has 0 fully saturated rings. The van der Waals surface area contributed by atoms with Gasteiger partial charge in [-0.3, -0.25) is 4.68 Å². The van der Waals surface area contributed by atoms with E-state index in [-0.39, 0.29) is 0 Å². The topological polar surface area (TPSA) is 42.7 Å². The molecule has 4 nitrogen and oxygen atoms in total. The van der Waals surface area contributed by atoms with Gasteiger partial charge in [0.2, 0.25) is 0 Å². The minimum Gasteiger partial charge on any atom is -0.305 e. The van der Waals surface area contributed by atoms with Gasteiger partial charge in [-0.1, -0.05) is 0 Å². The van der Waals surface area contributed by atoms with E-state index in [1.807, 2.05) is 24.2 Å². The molecular formula is C12H18N4S. The van der Waals surface area contributed by atoms with Crippen LogP contribution in [0.1, 0.15) is 34.8 Å². The van der Waals surface area contributed by atoms with Crippen LogP contribution in [0, 0.1) is 13.8 Å². The summed E-state index contributed by atoms with van der Waals surface area (Å²) in [6, 6.07) is 0.335. The van der Waals surface area contributed by atoms with E-state index in [9.17, 15) is 0 Å². The molecule has 0 amide bonds. The lowest BCUT2D eigenvalue weighted by Gasteiger charge is -2.12. The quantitative estimate of drug-likeness (QED) is 0.905. The summed E-state index contributed by atoms with van der Waals surface area (Å²) in [6.45, 7) is 7.11. The SMILES string of the molecule is Cc1nn(C)cc1CNC(C)c1scnc1C. The van der Waals surface area contributed by atoms with Crippen LogP contribution in [0.3, 0.4) is 0 Å². The van der Waals surface area contributed by atoms with Crippen molar-refractivity contribution in [1.29, 1.82) is 0 Å². The number of aromatic nitrogens is 3. The highest BCUT2D eigenvalue weighted by molar-refractivity contribution is 7.09. The lowest BCUT2D eigenvalue weighted by molar-refractivity contribution is 0.578. The molecule has 2 heterocycles. The number of nitrogens with zero attached hydrogens (tertiary/aromatic N) is 3. The molecule has 1 N–H and O–H groups in total. The Morgan fingerprint density at radius 2 is 2.18 bits per heavy atom. The first-order valence-corrected chi connectivity index (χ1v) is 6.58. The lowest BCUT2D eigenvalue weighted by Crippen LogP contribution is -2.18. The Morgan fingerprint density at radius 3 is 2.71 bits per heavy atom. The van der Waals surface area contributed by atoms with Crippen molar-refractivity contribution in [2.45, 2.75) is 33.4 Å². The fraction of sp³-hybridized carbons (Fsp3) is 0.500. The van der Waals surface area contributed by atoms with Crippen molar-refractivity contribution in [3.63, 3.8) is 0 Å². The largest absolute Gasteiger partial charge is 0.305 e. The summed E-state index contributed by atoms with van der Waals surface area (Å²) in [7, 11) is 1.95. The summed E-state index contributed by atoms with van der Waals surface area (Å²) in [5.41, 5.74) is 5.37. The van der Waals surface area contributed by atoms with Crippen LogP contribution in [0.15, 0.2) is 11.7 Å². The number of hydrogen-bond donors (Lipinski definition) is 1. The zero-order valence-electron chi connectivity index (χ0n) is 10.7. The Morgan fingerprint density at radius 1 is 1.41 bits per heavy atom. The highest BCUT2D eigenvalue weighted by atomic mass is 32.1. The number of thiazole rings is 1. The maximum absolute atomic E-state index is 4.34. The van der Waals surface area contributed by atoms with Crippen LogP contribution < -0.4 is 5.32 Å². The Labute approximate surface area is 106 Å². The second kappa shape index (κ2) is 4.98. The molecular weight excluding hydrogens is 232 g/mol. The predicted octanol–water partition coefficient (Wildman–Crippen LogP) is 2.34. The second-order valence-corrected chi connectivity index (χ2v) is 5.20. The van der Waals surface area contributed by atoms with Gasteiger partial charge in [-0.15, -0.1) is 11.3 Å². The third kappa shape index (κ3) is 2.73. The minimum absolute atomic E-state index is 0.335. The van der Waals surface area contributed by atoms with Crippen molar-refractivity contribution in [1.82, 2.24) is 20.1 Å². The fourth-order valence-corrected chi connectivity index (χ4v) is 2.74. The van der Waals surface area contributed by atoms with Gasteiger partial charge < -0.3 is 5.32 Å². The van der Waals surface area contributed by atoms with Gasteiger partial charge in [0.1, 0.15) is 0 Å². The average molecular weight is 250 g/mol. The minimum atomic E-state index is 0.335. The third-order valence-electron chi connectivity index (χ3n) is 2.89. The molecule has 1 unspecified atom stereocenters. The summed E-state index contributed by atoms with van der Waals surface area (Å²) in [5, 5.41) is 7.85. The molecule has 0 radical (unpaired) electrons. The molecule has 2 aromatic rings. The monoisotopic (exact) mass is 250 g/mol. The van der Waals surface area contributed by atoms with Crippen molar-refractivity contribution in [2.24, 2.45) is 7.05 Å². The van der Waals surface area contributed by atoms with Crippen molar-refractivity contribution in [3.05, 3.63) is 33.5 Å². The maximum Gasteiger partial charge on any atom is 0.0798 e. The zero-order chi connectivity index (χ0) is 12.4. The van der Waals surface area contributed by atoms with E-state index in [0.717, 1.165) is 17.9 Å². The summed E-state index contributed by atoms with van der Waals surface area (Å²) in [4.78, 5) is 5.59. The van der Waals surface area contributed by atoms with Gasteiger partial charge in [-0.05, 0) is 20.8 Å². The molecule has 1 atom stereocenters. The van der Waals surface area contributed by atoms with Crippen LogP contribution in [0.2, 0.25) is 0 Å². The first-order valence-electron chi connectivity index (χ1n) is 5.70. The first kappa shape index (κ1) is 12.3. The van der Waals surface area contributed by atoms with Gasteiger partial charge in [-0.2, -0.15) is 5.10 Å². The van der Waals surface area contributed by atoms with Crippen LogP contribution in [0.4, 0.5) is 0 Å². The summed E-state index contributed by atoms with van der Waals surface area (Å²) < 4.78 is 1.86.